The summed E-state index contributed by atoms with van der Waals surface area (Å²) >= 11 is 0. The van der Waals surface area contributed by atoms with E-state index in [2.05, 4.69) is 10.5 Å². The number of carbonyl (C=O) groups is 2. The van der Waals surface area contributed by atoms with E-state index >= 15 is 0 Å². The molecule has 1 N–H and O–H groups in total. The number of benzene rings is 2. The number of carbonyl (C=O) groups excluding carboxylic acids is 2. The summed E-state index contributed by atoms with van der Waals surface area (Å²) in [4.78, 5) is 27.3. The second-order valence-corrected chi connectivity index (χ2v) is 7.66. The van der Waals surface area contributed by atoms with Crippen molar-refractivity contribution in [3.05, 3.63) is 71.6 Å². The quantitative estimate of drug-likeness (QED) is 0.687. The van der Waals surface area contributed by atoms with E-state index in [1.807, 2.05) is 48.5 Å². The van der Waals surface area contributed by atoms with Crippen LogP contribution >= 0.6 is 0 Å². The summed E-state index contributed by atoms with van der Waals surface area (Å²) in [6.07, 6.45) is 0.521. The van der Waals surface area contributed by atoms with Gasteiger partial charge in [0.15, 0.2) is 0 Å². The van der Waals surface area contributed by atoms with Crippen LogP contribution < -0.4 is 10.1 Å². The monoisotopic (exact) mass is 419 g/mol. The standard InChI is InChI=1S/C24H25N3O4/c1-16-13-22(31-26-16)24(29)27-12-11-25-23(28)19(15-27)14-18-5-3-4-6-21(18)17-7-9-20(30-2)10-8-17/h3-10,13,19H,11-12,14-15H2,1-2H3,(H,25,28). The van der Waals surface area contributed by atoms with Crippen molar-refractivity contribution in [2.24, 2.45) is 5.92 Å². The maximum atomic E-state index is 12.9. The van der Waals surface area contributed by atoms with Crippen LogP contribution in [-0.4, -0.2) is 48.6 Å². The zero-order chi connectivity index (χ0) is 21.8. The number of methoxy groups -OCH3 is 1. The molecule has 1 fully saturated rings. The van der Waals surface area contributed by atoms with Gasteiger partial charge in [0.25, 0.3) is 5.91 Å². The van der Waals surface area contributed by atoms with E-state index in [9.17, 15) is 9.59 Å². The first-order valence-electron chi connectivity index (χ1n) is 10.3. The fourth-order valence-corrected chi connectivity index (χ4v) is 3.88. The van der Waals surface area contributed by atoms with Gasteiger partial charge in [-0.05, 0) is 42.2 Å². The van der Waals surface area contributed by atoms with Crippen LogP contribution in [0.15, 0.2) is 59.1 Å². The Hall–Kier alpha value is -3.61. The van der Waals surface area contributed by atoms with Crippen LogP contribution in [0.3, 0.4) is 0 Å². The Balaban J connectivity index is 1.57. The Labute approximate surface area is 181 Å². The second-order valence-electron chi connectivity index (χ2n) is 7.66. The Morgan fingerprint density at radius 1 is 1.23 bits per heavy atom. The van der Waals surface area contributed by atoms with E-state index < -0.39 is 0 Å². The largest absolute Gasteiger partial charge is 0.497 e. The normalized spacial score (nSPS) is 16.5. The average Bonchev–Trinajstić information content (AvgIpc) is 3.15. The van der Waals surface area contributed by atoms with Gasteiger partial charge in [0.05, 0.1) is 18.7 Å². The summed E-state index contributed by atoms with van der Waals surface area (Å²) in [5, 5.41) is 6.74. The van der Waals surface area contributed by atoms with Crippen molar-refractivity contribution in [1.82, 2.24) is 15.4 Å². The molecule has 1 atom stereocenters. The number of hydrogen-bond donors (Lipinski definition) is 1. The minimum Gasteiger partial charge on any atom is -0.497 e. The lowest BCUT2D eigenvalue weighted by molar-refractivity contribution is -0.124. The van der Waals surface area contributed by atoms with Crippen molar-refractivity contribution in [3.8, 4) is 16.9 Å². The van der Waals surface area contributed by atoms with Crippen LogP contribution in [0.4, 0.5) is 0 Å². The van der Waals surface area contributed by atoms with Gasteiger partial charge in [-0.1, -0.05) is 41.6 Å². The molecule has 0 spiro atoms. The number of ether oxygens (including phenoxy) is 1. The van der Waals surface area contributed by atoms with Gasteiger partial charge in [0, 0.05) is 25.7 Å². The third-order valence-corrected chi connectivity index (χ3v) is 5.50. The first-order valence-corrected chi connectivity index (χ1v) is 10.3. The molecule has 31 heavy (non-hydrogen) atoms. The molecule has 1 aliphatic rings. The molecule has 7 heteroatoms. The lowest BCUT2D eigenvalue weighted by Gasteiger charge is -2.22. The maximum Gasteiger partial charge on any atom is 0.292 e. The molecular formula is C24H25N3O4. The molecule has 3 aromatic rings. The van der Waals surface area contributed by atoms with Crippen molar-refractivity contribution in [1.29, 1.82) is 0 Å². The van der Waals surface area contributed by atoms with Crippen LogP contribution in [0.5, 0.6) is 5.75 Å². The highest BCUT2D eigenvalue weighted by Gasteiger charge is 2.30. The molecule has 2 aromatic carbocycles. The number of rotatable bonds is 5. The predicted molar refractivity (Wildman–Crippen MR) is 116 cm³/mol. The zero-order valence-electron chi connectivity index (χ0n) is 17.6. The summed E-state index contributed by atoms with van der Waals surface area (Å²) in [7, 11) is 1.64. The van der Waals surface area contributed by atoms with E-state index in [4.69, 9.17) is 9.26 Å². The van der Waals surface area contributed by atoms with Crippen LogP contribution in [0.1, 0.15) is 21.8 Å². The molecule has 160 valence electrons. The molecule has 1 aromatic heterocycles. The van der Waals surface area contributed by atoms with Gasteiger partial charge in [-0.15, -0.1) is 0 Å². The van der Waals surface area contributed by atoms with Crippen LogP contribution in [0.2, 0.25) is 0 Å². The number of aromatic nitrogens is 1. The van der Waals surface area contributed by atoms with E-state index in [0.29, 0.717) is 31.7 Å². The number of nitrogens with one attached hydrogen (secondary N) is 1. The molecule has 1 unspecified atom stereocenters. The van der Waals surface area contributed by atoms with Gasteiger partial charge in [-0.3, -0.25) is 9.59 Å². The minimum absolute atomic E-state index is 0.0476. The highest BCUT2D eigenvalue weighted by molar-refractivity contribution is 5.92. The Bertz CT molecular complexity index is 1070. The third-order valence-electron chi connectivity index (χ3n) is 5.50. The summed E-state index contributed by atoms with van der Waals surface area (Å²) < 4.78 is 10.4. The van der Waals surface area contributed by atoms with Crippen LogP contribution in [0, 0.1) is 12.8 Å². The van der Waals surface area contributed by atoms with Gasteiger partial charge in [0.2, 0.25) is 11.7 Å². The molecular weight excluding hydrogens is 394 g/mol. The van der Waals surface area contributed by atoms with Gasteiger partial charge >= 0.3 is 0 Å². The SMILES string of the molecule is COc1ccc(-c2ccccc2CC2CN(C(=O)c3cc(C)no3)CCNC2=O)cc1. The smallest absolute Gasteiger partial charge is 0.292 e. The molecule has 0 radical (unpaired) electrons. The Kier molecular flexibility index (Phi) is 6.02. The molecule has 4 rings (SSSR count). The second kappa shape index (κ2) is 9.04. The first kappa shape index (κ1) is 20.7. The molecule has 0 aliphatic carbocycles. The van der Waals surface area contributed by atoms with E-state index in [1.165, 1.54) is 0 Å². The summed E-state index contributed by atoms with van der Waals surface area (Å²) in [6.45, 7) is 2.93. The third kappa shape index (κ3) is 4.60. The molecule has 0 bridgehead atoms. The highest BCUT2D eigenvalue weighted by Crippen LogP contribution is 2.28. The molecule has 1 saturated heterocycles. The minimum atomic E-state index is -0.366. The zero-order valence-corrected chi connectivity index (χ0v) is 17.6. The lowest BCUT2D eigenvalue weighted by atomic mass is 9.91. The number of aryl methyl sites for hydroxylation is 1. The maximum absolute atomic E-state index is 12.9. The topological polar surface area (TPSA) is 84.7 Å². The average molecular weight is 419 g/mol. The molecule has 1 aliphatic heterocycles. The van der Waals surface area contributed by atoms with Gasteiger partial charge in [-0.25, -0.2) is 0 Å². The summed E-state index contributed by atoms with van der Waals surface area (Å²) in [5.41, 5.74) is 3.82. The number of hydrogen-bond acceptors (Lipinski definition) is 5. The lowest BCUT2D eigenvalue weighted by Crippen LogP contribution is -2.37. The van der Waals surface area contributed by atoms with Crippen LogP contribution in [0.25, 0.3) is 11.1 Å². The fraction of sp³-hybridized carbons (Fsp3) is 0.292. The summed E-state index contributed by atoms with van der Waals surface area (Å²) in [6, 6.07) is 17.5. The van der Waals surface area contributed by atoms with Gasteiger partial charge in [0.1, 0.15) is 5.75 Å². The highest BCUT2D eigenvalue weighted by atomic mass is 16.5. The van der Waals surface area contributed by atoms with Crippen molar-refractivity contribution >= 4 is 11.8 Å². The number of amides is 2. The van der Waals surface area contributed by atoms with Crippen molar-refractivity contribution in [2.45, 2.75) is 13.3 Å². The van der Waals surface area contributed by atoms with Gasteiger partial charge < -0.3 is 19.5 Å². The van der Waals surface area contributed by atoms with E-state index in [-0.39, 0.29) is 23.5 Å². The predicted octanol–water partition coefficient (Wildman–Crippen LogP) is 3.09. The Morgan fingerprint density at radius 3 is 2.71 bits per heavy atom. The Morgan fingerprint density at radius 2 is 2.00 bits per heavy atom. The van der Waals surface area contributed by atoms with E-state index in [1.54, 1.807) is 25.0 Å². The van der Waals surface area contributed by atoms with Crippen LogP contribution in [-0.2, 0) is 11.2 Å². The van der Waals surface area contributed by atoms with Crippen molar-refractivity contribution in [3.63, 3.8) is 0 Å². The molecule has 2 amide bonds. The molecule has 7 nitrogen and oxygen atoms in total. The fourth-order valence-electron chi connectivity index (χ4n) is 3.88. The molecule has 0 saturated carbocycles. The summed E-state index contributed by atoms with van der Waals surface area (Å²) in [5.74, 6) is 0.333. The van der Waals surface area contributed by atoms with Gasteiger partial charge in [-0.2, -0.15) is 0 Å². The first-order chi connectivity index (χ1) is 15.0. The number of nitrogens with zero attached hydrogens (tertiary/aromatic N) is 2. The molecule has 2 heterocycles. The van der Waals surface area contributed by atoms with Crippen molar-refractivity contribution in [2.75, 3.05) is 26.7 Å². The van der Waals surface area contributed by atoms with E-state index in [0.717, 1.165) is 22.4 Å². The van der Waals surface area contributed by atoms with Crippen molar-refractivity contribution < 1.29 is 18.8 Å².